The topological polar surface area (TPSA) is 31.4 Å². The van der Waals surface area contributed by atoms with Gasteiger partial charge < -0.3 is 9.47 Å². The highest BCUT2D eigenvalue weighted by Crippen LogP contribution is 2.49. The lowest BCUT2D eigenvalue weighted by atomic mass is 9.80. The summed E-state index contributed by atoms with van der Waals surface area (Å²) in [7, 11) is 0. The summed E-state index contributed by atoms with van der Waals surface area (Å²) in [6.45, 7) is 0.877. The molecule has 154 valence electrons. The van der Waals surface area contributed by atoms with Crippen LogP contribution < -0.4 is 4.74 Å². The molecule has 0 spiro atoms. The van der Waals surface area contributed by atoms with E-state index in [1.54, 1.807) is 0 Å². The molecule has 0 atom stereocenters. The molecule has 5 rings (SSSR count). The lowest BCUT2D eigenvalue weighted by molar-refractivity contribution is 0.0262. The van der Waals surface area contributed by atoms with Gasteiger partial charge in [0.2, 0.25) is 0 Å². The fraction of sp³-hybridized carbons (Fsp3) is 0.148. The number of pyridine rings is 1. The Balaban J connectivity index is 1.65. The maximum atomic E-state index is 6.61. The van der Waals surface area contributed by atoms with Crippen LogP contribution in [0.2, 0.25) is 0 Å². The SMILES string of the molecule is ClCc1ncc2c(c1OCc1ccccc1)COC2(c1ccccc1)c1ccccc1. The van der Waals surface area contributed by atoms with Crippen molar-refractivity contribution in [2.75, 3.05) is 0 Å². The number of fused-ring (bicyclic) bond motifs is 1. The molecule has 0 aliphatic carbocycles. The Labute approximate surface area is 187 Å². The van der Waals surface area contributed by atoms with Gasteiger partial charge in [-0.3, -0.25) is 4.98 Å². The second kappa shape index (κ2) is 8.54. The number of hydrogen-bond acceptors (Lipinski definition) is 3. The summed E-state index contributed by atoms with van der Waals surface area (Å²) in [6.07, 6.45) is 1.90. The van der Waals surface area contributed by atoms with Crippen molar-refractivity contribution in [3.05, 3.63) is 131 Å². The summed E-state index contributed by atoms with van der Waals surface area (Å²) in [5.74, 6) is 1.01. The van der Waals surface area contributed by atoms with E-state index in [0.29, 0.717) is 13.2 Å². The fourth-order valence-electron chi connectivity index (χ4n) is 4.27. The molecular formula is C27H22ClNO2. The number of alkyl halides is 1. The van der Waals surface area contributed by atoms with Crippen LogP contribution in [0.15, 0.2) is 97.2 Å². The Kier molecular flexibility index (Phi) is 5.46. The van der Waals surface area contributed by atoms with E-state index in [2.05, 4.69) is 24.3 Å². The van der Waals surface area contributed by atoms with E-state index >= 15 is 0 Å². The van der Waals surface area contributed by atoms with Crippen molar-refractivity contribution in [2.24, 2.45) is 0 Å². The molecule has 0 unspecified atom stereocenters. The molecule has 1 aliphatic heterocycles. The van der Waals surface area contributed by atoms with Gasteiger partial charge in [0.15, 0.2) is 0 Å². The van der Waals surface area contributed by atoms with E-state index in [1.807, 2.05) is 72.9 Å². The minimum atomic E-state index is -0.736. The molecule has 3 nitrogen and oxygen atoms in total. The first-order valence-corrected chi connectivity index (χ1v) is 10.9. The molecule has 3 aromatic carbocycles. The van der Waals surface area contributed by atoms with Crippen molar-refractivity contribution in [3.8, 4) is 5.75 Å². The summed E-state index contributed by atoms with van der Waals surface area (Å²) in [5.41, 5.74) is 5.23. The zero-order valence-corrected chi connectivity index (χ0v) is 17.8. The molecule has 0 bridgehead atoms. The lowest BCUT2D eigenvalue weighted by Crippen LogP contribution is -2.28. The van der Waals surface area contributed by atoms with Gasteiger partial charge in [-0.05, 0) is 16.7 Å². The zero-order valence-electron chi connectivity index (χ0n) is 17.0. The van der Waals surface area contributed by atoms with Gasteiger partial charge >= 0.3 is 0 Å². The first kappa shape index (κ1) is 19.8. The van der Waals surface area contributed by atoms with Crippen molar-refractivity contribution >= 4 is 11.6 Å². The van der Waals surface area contributed by atoms with Crippen LogP contribution >= 0.6 is 11.6 Å². The number of nitrogens with zero attached hydrogens (tertiary/aromatic N) is 1. The van der Waals surface area contributed by atoms with Crippen LogP contribution in [-0.2, 0) is 29.4 Å². The van der Waals surface area contributed by atoms with Gasteiger partial charge in [-0.25, -0.2) is 0 Å². The van der Waals surface area contributed by atoms with Crippen LogP contribution in [0.5, 0.6) is 5.75 Å². The first-order valence-electron chi connectivity index (χ1n) is 10.3. The number of hydrogen-bond donors (Lipinski definition) is 0. The third kappa shape index (κ3) is 3.50. The third-order valence-electron chi connectivity index (χ3n) is 5.74. The average molecular weight is 428 g/mol. The van der Waals surface area contributed by atoms with Gasteiger partial charge in [0.1, 0.15) is 18.0 Å². The number of benzene rings is 3. The van der Waals surface area contributed by atoms with Crippen molar-refractivity contribution in [1.82, 2.24) is 4.98 Å². The number of halogens is 1. The van der Waals surface area contributed by atoms with Crippen molar-refractivity contribution < 1.29 is 9.47 Å². The molecule has 0 amide bonds. The number of aromatic nitrogens is 1. The minimum absolute atomic E-state index is 0.279. The molecular weight excluding hydrogens is 406 g/mol. The molecule has 4 heteroatoms. The molecule has 1 aromatic heterocycles. The van der Waals surface area contributed by atoms with Crippen LogP contribution in [0, 0.1) is 0 Å². The average Bonchev–Trinajstić information content (AvgIpc) is 3.25. The lowest BCUT2D eigenvalue weighted by Gasteiger charge is -2.31. The standard InChI is InChI=1S/C27H22ClNO2/c28-16-25-26(30-18-20-10-4-1-5-11-20)23-19-31-27(24(23)17-29-25,21-12-6-2-7-13-21)22-14-8-3-9-15-22/h1-15,17H,16,18-19H2. The van der Waals surface area contributed by atoms with Gasteiger partial charge in [-0.1, -0.05) is 91.0 Å². The normalized spacial score (nSPS) is 14.2. The Hall–Kier alpha value is -3.14. The second-order valence-electron chi connectivity index (χ2n) is 7.54. The highest BCUT2D eigenvalue weighted by atomic mass is 35.5. The summed E-state index contributed by atoms with van der Waals surface area (Å²) >= 11 is 6.24. The molecule has 0 saturated heterocycles. The summed E-state index contributed by atoms with van der Waals surface area (Å²) < 4.78 is 12.9. The maximum absolute atomic E-state index is 6.61. The monoisotopic (exact) mass is 427 g/mol. The van der Waals surface area contributed by atoms with E-state index in [-0.39, 0.29) is 5.88 Å². The Morgan fingerprint density at radius 2 is 1.42 bits per heavy atom. The Bertz CT molecular complexity index is 1120. The molecule has 0 saturated carbocycles. The van der Waals surface area contributed by atoms with Crippen LogP contribution in [0.1, 0.15) is 33.5 Å². The predicted octanol–water partition coefficient (Wildman–Crippen LogP) is 6.22. The largest absolute Gasteiger partial charge is 0.487 e. The Morgan fingerprint density at radius 3 is 2.00 bits per heavy atom. The van der Waals surface area contributed by atoms with E-state index < -0.39 is 5.60 Å². The van der Waals surface area contributed by atoms with Gasteiger partial charge in [-0.2, -0.15) is 0 Å². The fourth-order valence-corrected chi connectivity index (χ4v) is 4.46. The van der Waals surface area contributed by atoms with Crippen LogP contribution in [0.3, 0.4) is 0 Å². The first-order chi connectivity index (χ1) is 15.3. The van der Waals surface area contributed by atoms with E-state index in [4.69, 9.17) is 26.1 Å². The van der Waals surface area contributed by atoms with Gasteiger partial charge in [0, 0.05) is 17.3 Å². The molecule has 0 N–H and O–H groups in total. The number of rotatable bonds is 6. The highest BCUT2D eigenvalue weighted by molar-refractivity contribution is 6.17. The van der Waals surface area contributed by atoms with Crippen molar-refractivity contribution in [2.45, 2.75) is 24.7 Å². The summed E-state index contributed by atoms with van der Waals surface area (Å²) in [5, 5.41) is 0. The molecule has 31 heavy (non-hydrogen) atoms. The molecule has 0 radical (unpaired) electrons. The van der Waals surface area contributed by atoms with E-state index in [0.717, 1.165) is 39.3 Å². The van der Waals surface area contributed by atoms with Crippen LogP contribution in [-0.4, -0.2) is 4.98 Å². The minimum Gasteiger partial charge on any atom is -0.487 e. The predicted molar refractivity (Wildman–Crippen MR) is 122 cm³/mol. The third-order valence-corrected chi connectivity index (χ3v) is 5.99. The molecule has 2 heterocycles. The van der Waals surface area contributed by atoms with Gasteiger partial charge in [0.05, 0.1) is 18.2 Å². The smallest absolute Gasteiger partial charge is 0.148 e. The zero-order chi connectivity index (χ0) is 21.1. The molecule has 1 aliphatic rings. The highest BCUT2D eigenvalue weighted by Gasteiger charge is 2.45. The van der Waals surface area contributed by atoms with Crippen molar-refractivity contribution in [1.29, 1.82) is 0 Å². The molecule has 0 fully saturated rings. The maximum Gasteiger partial charge on any atom is 0.148 e. The Morgan fingerprint density at radius 1 is 0.839 bits per heavy atom. The second-order valence-corrected chi connectivity index (χ2v) is 7.80. The van der Waals surface area contributed by atoms with Crippen LogP contribution in [0.4, 0.5) is 0 Å². The van der Waals surface area contributed by atoms with E-state index in [1.165, 1.54) is 0 Å². The van der Waals surface area contributed by atoms with Gasteiger partial charge in [0.25, 0.3) is 0 Å². The van der Waals surface area contributed by atoms with E-state index in [9.17, 15) is 0 Å². The summed E-state index contributed by atoms with van der Waals surface area (Å²) in [4.78, 5) is 4.69. The van der Waals surface area contributed by atoms with Crippen LogP contribution in [0.25, 0.3) is 0 Å². The molecule has 4 aromatic rings. The summed E-state index contributed by atoms with van der Waals surface area (Å²) in [6, 6.07) is 30.7. The quantitative estimate of drug-likeness (QED) is 0.342. The number of ether oxygens (including phenoxy) is 2. The van der Waals surface area contributed by atoms with Gasteiger partial charge in [-0.15, -0.1) is 11.6 Å². The van der Waals surface area contributed by atoms with Crippen molar-refractivity contribution in [3.63, 3.8) is 0 Å².